The molecule has 0 unspecified atom stereocenters. The Hall–Kier alpha value is -2.91. The zero-order chi connectivity index (χ0) is 19.7. The highest BCUT2D eigenvalue weighted by Crippen LogP contribution is 2.26. The van der Waals surface area contributed by atoms with E-state index < -0.39 is 10.8 Å². The van der Waals surface area contributed by atoms with E-state index in [1.807, 2.05) is 0 Å². The van der Waals surface area contributed by atoms with Crippen LogP contribution in [0.3, 0.4) is 0 Å². The maximum absolute atomic E-state index is 12.4. The van der Waals surface area contributed by atoms with Gasteiger partial charge in [0.25, 0.3) is 5.91 Å². The van der Waals surface area contributed by atoms with Crippen LogP contribution in [-0.2, 0) is 13.6 Å². The van der Waals surface area contributed by atoms with Crippen LogP contribution in [0.5, 0.6) is 0 Å². The van der Waals surface area contributed by atoms with E-state index in [1.165, 1.54) is 7.05 Å². The molecule has 11 heteroatoms. The molecule has 1 aromatic carbocycles. The van der Waals surface area contributed by atoms with Gasteiger partial charge in [-0.2, -0.15) is 10.2 Å². The quantitative estimate of drug-likeness (QED) is 0.513. The van der Waals surface area contributed by atoms with Crippen LogP contribution in [0.4, 0.5) is 11.5 Å². The molecule has 0 aliphatic carbocycles. The zero-order valence-electron chi connectivity index (χ0n) is 14.3. The van der Waals surface area contributed by atoms with Crippen LogP contribution in [0.2, 0.25) is 10.0 Å². The van der Waals surface area contributed by atoms with Crippen molar-refractivity contribution in [2.24, 2.45) is 7.05 Å². The van der Waals surface area contributed by atoms with Gasteiger partial charge in [0.15, 0.2) is 5.82 Å². The summed E-state index contributed by atoms with van der Waals surface area (Å²) in [6.45, 7) is 2.12. The van der Waals surface area contributed by atoms with Gasteiger partial charge >= 0.3 is 5.69 Å². The summed E-state index contributed by atoms with van der Waals surface area (Å²) in [5.74, 6) is -0.432. The van der Waals surface area contributed by atoms with Crippen molar-refractivity contribution in [1.82, 2.24) is 19.6 Å². The average Bonchev–Trinajstić information content (AvgIpc) is 3.14. The first-order valence-corrected chi connectivity index (χ1v) is 8.48. The van der Waals surface area contributed by atoms with Gasteiger partial charge in [0, 0.05) is 34.4 Å². The van der Waals surface area contributed by atoms with E-state index in [0.717, 1.165) is 16.6 Å². The molecule has 2 aromatic heterocycles. The number of nitrogens with one attached hydrogen (secondary N) is 1. The van der Waals surface area contributed by atoms with Crippen LogP contribution >= 0.6 is 23.2 Å². The Morgan fingerprint density at radius 1 is 1.33 bits per heavy atom. The standard InChI is InChI=1S/C16H14Cl2N6O3/c1-9-6-14(20-16(25)15-13(24(26)27)7-19-22(15)2)21-23(9)8-10-11(17)4-3-5-12(10)18/h3-7H,8H2,1-2H3,(H,20,21,25). The molecule has 0 spiro atoms. The summed E-state index contributed by atoms with van der Waals surface area (Å²) in [6.07, 6.45) is 1.03. The Labute approximate surface area is 163 Å². The summed E-state index contributed by atoms with van der Waals surface area (Å²) >= 11 is 12.4. The van der Waals surface area contributed by atoms with E-state index in [0.29, 0.717) is 22.2 Å². The summed E-state index contributed by atoms with van der Waals surface area (Å²) < 4.78 is 2.77. The fraction of sp³-hybridized carbons (Fsp3) is 0.188. The minimum Gasteiger partial charge on any atom is -0.303 e. The van der Waals surface area contributed by atoms with Gasteiger partial charge in [-0.3, -0.25) is 24.3 Å². The Balaban J connectivity index is 1.84. The molecule has 2 heterocycles. The number of nitro groups is 1. The minimum absolute atomic E-state index is 0.165. The van der Waals surface area contributed by atoms with Gasteiger partial charge in [0.1, 0.15) is 6.20 Å². The number of hydrogen-bond donors (Lipinski definition) is 1. The molecule has 0 aliphatic heterocycles. The van der Waals surface area contributed by atoms with Crippen LogP contribution in [-0.4, -0.2) is 30.4 Å². The molecule has 0 radical (unpaired) electrons. The van der Waals surface area contributed by atoms with Crippen LogP contribution in [0, 0.1) is 17.0 Å². The van der Waals surface area contributed by atoms with E-state index in [4.69, 9.17) is 23.2 Å². The third-order valence-electron chi connectivity index (χ3n) is 3.92. The number of carbonyl (C=O) groups excluding carboxylic acids is 1. The monoisotopic (exact) mass is 408 g/mol. The predicted molar refractivity (Wildman–Crippen MR) is 100 cm³/mol. The molecule has 0 saturated carbocycles. The van der Waals surface area contributed by atoms with Crippen molar-refractivity contribution in [1.29, 1.82) is 0 Å². The van der Waals surface area contributed by atoms with Gasteiger partial charge in [-0.1, -0.05) is 29.3 Å². The molecular formula is C16H14Cl2N6O3. The smallest absolute Gasteiger partial charge is 0.303 e. The lowest BCUT2D eigenvalue weighted by atomic mass is 10.2. The van der Waals surface area contributed by atoms with Crippen molar-refractivity contribution in [2.45, 2.75) is 13.5 Å². The van der Waals surface area contributed by atoms with Crippen molar-refractivity contribution in [3.05, 3.63) is 67.6 Å². The van der Waals surface area contributed by atoms with Gasteiger partial charge < -0.3 is 5.32 Å². The molecule has 9 nitrogen and oxygen atoms in total. The summed E-state index contributed by atoms with van der Waals surface area (Å²) in [5, 5.41) is 22.7. The van der Waals surface area contributed by atoms with Crippen molar-refractivity contribution in [3.63, 3.8) is 0 Å². The maximum Gasteiger partial charge on any atom is 0.320 e. The van der Waals surface area contributed by atoms with Crippen LogP contribution < -0.4 is 5.32 Å². The predicted octanol–water partition coefficient (Wildman–Crippen LogP) is 3.44. The Bertz CT molecular complexity index is 1020. The first-order chi connectivity index (χ1) is 12.8. The van der Waals surface area contributed by atoms with Crippen molar-refractivity contribution >= 4 is 40.6 Å². The SMILES string of the molecule is Cc1cc(NC(=O)c2c([N+](=O)[O-])cnn2C)nn1Cc1c(Cl)cccc1Cl. The highest BCUT2D eigenvalue weighted by Gasteiger charge is 2.26. The molecule has 140 valence electrons. The number of benzene rings is 1. The van der Waals surface area contributed by atoms with Crippen LogP contribution in [0.15, 0.2) is 30.5 Å². The number of nitrogens with zero attached hydrogens (tertiary/aromatic N) is 5. The van der Waals surface area contributed by atoms with E-state index in [2.05, 4.69) is 15.5 Å². The molecule has 0 atom stereocenters. The number of hydrogen-bond acceptors (Lipinski definition) is 5. The normalized spacial score (nSPS) is 10.8. The van der Waals surface area contributed by atoms with E-state index in [9.17, 15) is 14.9 Å². The molecular weight excluding hydrogens is 395 g/mol. The number of anilines is 1. The Morgan fingerprint density at radius 2 is 2.00 bits per heavy atom. The lowest BCUT2D eigenvalue weighted by molar-refractivity contribution is -0.385. The van der Waals surface area contributed by atoms with Gasteiger partial charge in [0.2, 0.25) is 5.69 Å². The van der Waals surface area contributed by atoms with E-state index in [-0.39, 0.29) is 17.2 Å². The Morgan fingerprint density at radius 3 is 2.63 bits per heavy atom. The van der Waals surface area contributed by atoms with Crippen LogP contribution in [0.1, 0.15) is 21.7 Å². The molecule has 0 fully saturated rings. The van der Waals surface area contributed by atoms with Crippen molar-refractivity contribution in [3.8, 4) is 0 Å². The number of carbonyl (C=O) groups is 1. The summed E-state index contributed by atoms with van der Waals surface area (Å²) in [6, 6.07) is 6.85. The average molecular weight is 409 g/mol. The minimum atomic E-state index is -0.679. The summed E-state index contributed by atoms with van der Waals surface area (Å²) in [4.78, 5) is 22.8. The van der Waals surface area contributed by atoms with Gasteiger partial charge in [0.05, 0.1) is 11.5 Å². The summed E-state index contributed by atoms with van der Waals surface area (Å²) in [5.41, 5.74) is 0.906. The molecule has 0 saturated heterocycles. The molecule has 0 aliphatic rings. The second-order valence-electron chi connectivity index (χ2n) is 5.74. The van der Waals surface area contributed by atoms with Crippen molar-refractivity contribution in [2.75, 3.05) is 5.32 Å². The fourth-order valence-corrected chi connectivity index (χ4v) is 3.08. The van der Waals surface area contributed by atoms with Crippen molar-refractivity contribution < 1.29 is 9.72 Å². The number of halogens is 2. The van der Waals surface area contributed by atoms with E-state index >= 15 is 0 Å². The number of aromatic nitrogens is 4. The maximum atomic E-state index is 12.4. The van der Waals surface area contributed by atoms with Crippen LogP contribution in [0.25, 0.3) is 0 Å². The molecule has 1 N–H and O–H groups in total. The molecule has 3 aromatic rings. The molecule has 1 amide bonds. The zero-order valence-corrected chi connectivity index (χ0v) is 15.8. The first kappa shape index (κ1) is 18.9. The third-order valence-corrected chi connectivity index (χ3v) is 4.63. The fourth-order valence-electron chi connectivity index (χ4n) is 2.56. The highest BCUT2D eigenvalue weighted by molar-refractivity contribution is 6.35. The third kappa shape index (κ3) is 3.79. The molecule has 3 rings (SSSR count). The lowest BCUT2D eigenvalue weighted by Crippen LogP contribution is -2.18. The second-order valence-corrected chi connectivity index (χ2v) is 6.56. The second kappa shape index (κ2) is 7.37. The van der Waals surface area contributed by atoms with Gasteiger partial charge in [-0.05, 0) is 19.1 Å². The number of rotatable bonds is 5. The first-order valence-electron chi connectivity index (χ1n) is 7.73. The van der Waals surface area contributed by atoms with Gasteiger partial charge in [-0.25, -0.2) is 0 Å². The number of aryl methyl sites for hydroxylation is 2. The highest BCUT2D eigenvalue weighted by atomic mass is 35.5. The largest absolute Gasteiger partial charge is 0.320 e. The molecule has 0 bridgehead atoms. The molecule has 27 heavy (non-hydrogen) atoms. The van der Waals surface area contributed by atoms with E-state index in [1.54, 1.807) is 35.9 Å². The Kier molecular flexibility index (Phi) is 5.15. The lowest BCUT2D eigenvalue weighted by Gasteiger charge is -2.08. The number of amides is 1. The topological polar surface area (TPSA) is 108 Å². The van der Waals surface area contributed by atoms with Gasteiger partial charge in [-0.15, -0.1) is 0 Å². The summed E-state index contributed by atoms with van der Waals surface area (Å²) in [7, 11) is 1.45.